The Labute approximate surface area is 221 Å². The molecular weight excluding hydrogens is 472 g/mol. The number of amides is 3. The maximum absolute atomic E-state index is 12.8. The maximum Gasteiger partial charge on any atom is 0.320 e. The van der Waals surface area contributed by atoms with Crippen LogP contribution in [-0.2, 0) is 23.9 Å². The maximum atomic E-state index is 12.8. The Hall–Kier alpha value is -2.78. The first-order valence-corrected chi connectivity index (χ1v) is 13.3. The Kier molecular flexibility index (Phi) is 11.3. The van der Waals surface area contributed by atoms with Crippen molar-refractivity contribution in [2.75, 3.05) is 45.8 Å². The van der Waals surface area contributed by atoms with Crippen molar-refractivity contribution in [3.63, 3.8) is 0 Å². The number of carbonyl (C=O) groups is 4. The van der Waals surface area contributed by atoms with Gasteiger partial charge in [-0.15, -0.1) is 0 Å². The van der Waals surface area contributed by atoms with E-state index in [1.54, 1.807) is 6.08 Å². The number of hydrogen-bond donors (Lipinski definition) is 1. The molecule has 3 heterocycles. The van der Waals surface area contributed by atoms with Crippen molar-refractivity contribution in [2.45, 2.75) is 71.9 Å². The van der Waals surface area contributed by atoms with Crippen molar-refractivity contribution in [3.8, 4) is 0 Å². The van der Waals surface area contributed by atoms with E-state index in [2.05, 4.69) is 28.3 Å². The Morgan fingerprint density at radius 2 is 1.73 bits per heavy atom. The summed E-state index contributed by atoms with van der Waals surface area (Å²) in [5.74, 6) is -1.17. The molecule has 9 heteroatoms. The molecule has 1 unspecified atom stereocenters. The SMILES string of the molecule is C=C/C(CCCN1CCN(CC(=O)OC(C)(C)C)CC1)=C1/CN(C2CCC(=O)NC2=O)C(=O)C1=C.CC. The number of hydrogen-bond acceptors (Lipinski definition) is 7. The number of piperidine rings is 1. The predicted molar refractivity (Wildman–Crippen MR) is 144 cm³/mol. The minimum atomic E-state index is -0.641. The lowest BCUT2D eigenvalue weighted by Gasteiger charge is -2.34. The van der Waals surface area contributed by atoms with E-state index in [9.17, 15) is 19.2 Å². The molecular formula is C28H44N4O5. The molecule has 0 aromatic heterocycles. The lowest BCUT2D eigenvalue weighted by Crippen LogP contribution is -2.52. The zero-order valence-corrected chi connectivity index (χ0v) is 23.2. The van der Waals surface area contributed by atoms with E-state index in [1.807, 2.05) is 34.6 Å². The largest absolute Gasteiger partial charge is 0.459 e. The number of imide groups is 1. The third-order valence-electron chi connectivity index (χ3n) is 6.59. The smallest absolute Gasteiger partial charge is 0.320 e. The number of allylic oxidation sites excluding steroid dienone is 2. The number of carbonyl (C=O) groups excluding carboxylic acids is 4. The Bertz CT molecular complexity index is 925. The van der Waals surface area contributed by atoms with Crippen LogP contribution in [-0.4, -0.2) is 95.8 Å². The van der Waals surface area contributed by atoms with Crippen LogP contribution < -0.4 is 5.32 Å². The van der Waals surface area contributed by atoms with Crippen LogP contribution in [0.3, 0.4) is 0 Å². The standard InChI is InChI=1S/C26H38N4O5.C2H6/c1-6-19(20-16-30(25(34)18(20)2)21-9-10-22(31)27-24(21)33)8-7-11-28-12-14-29(15-13-28)17-23(32)35-26(3,4)5;1-2/h6,21H,1-2,7-17H2,3-5H3,(H,27,31,33);1-2H3/b20-19+;. The van der Waals surface area contributed by atoms with E-state index in [4.69, 9.17) is 4.74 Å². The molecule has 0 aromatic rings. The van der Waals surface area contributed by atoms with Gasteiger partial charge < -0.3 is 14.5 Å². The fourth-order valence-electron chi connectivity index (χ4n) is 4.76. The highest BCUT2D eigenvalue weighted by Crippen LogP contribution is 2.31. The zero-order valence-electron chi connectivity index (χ0n) is 23.2. The summed E-state index contributed by atoms with van der Waals surface area (Å²) in [5, 5.41) is 2.32. The summed E-state index contributed by atoms with van der Waals surface area (Å²) in [6.07, 6.45) is 4.00. The summed E-state index contributed by atoms with van der Waals surface area (Å²) in [6, 6.07) is -0.641. The minimum Gasteiger partial charge on any atom is -0.459 e. The van der Waals surface area contributed by atoms with Gasteiger partial charge in [0.2, 0.25) is 11.8 Å². The number of nitrogens with one attached hydrogen (secondary N) is 1. The summed E-state index contributed by atoms with van der Waals surface area (Å²) in [5.41, 5.74) is 1.74. The van der Waals surface area contributed by atoms with Gasteiger partial charge in [0.25, 0.3) is 5.91 Å². The van der Waals surface area contributed by atoms with E-state index in [1.165, 1.54) is 4.90 Å². The van der Waals surface area contributed by atoms with Gasteiger partial charge in [-0.25, -0.2) is 0 Å². The number of esters is 1. The Morgan fingerprint density at radius 1 is 1.11 bits per heavy atom. The Morgan fingerprint density at radius 3 is 2.30 bits per heavy atom. The highest BCUT2D eigenvalue weighted by atomic mass is 16.6. The summed E-state index contributed by atoms with van der Waals surface area (Å²) >= 11 is 0. The summed E-state index contributed by atoms with van der Waals surface area (Å²) in [4.78, 5) is 54.6. The van der Waals surface area contributed by atoms with Crippen molar-refractivity contribution in [2.24, 2.45) is 0 Å². The van der Waals surface area contributed by atoms with E-state index in [0.717, 1.165) is 56.7 Å². The molecule has 0 spiro atoms. The normalized spacial score (nSPS) is 22.8. The van der Waals surface area contributed by atoms with Gasteiger partial charge in [0, 0.05) is 44.7 Å². The molecule has 3 saturated heterocycles. The topological polar surface area (TPSA) is 99.3 Å². The Balaban J connectivity index is 0.00000235. The quantitative estimate of drug-likeness (QED) is 0.301. The van der Waals surface area contributed by atoms with E-state index < -0.39 is 17.6 Å². The molecule has 3 fully saturated rings. The van der Waals surface area contributed by atoms with Crippen molar-refractivity contribution in [1.29, 1.82) is 0 Å². The van der Waals surface area contributed by atoms with Gasteiger partial charge in [0.1, 0.15) is 11.6 Å². The van der Waals surface area contributed by atoms with Crippen LogP contribution in [0.25, 0.3) is 0 Å². The van der Waals surface area contributed by atoms with Gasteiger partial charge >= 0.3 is 5.97 Å². The molecule has 0 aliphatic carbocycles. The van der Waals surface area contributed by atoms with E-state index in [-0.39, 0.29) is 24.2 Å². The van der Waals surface area contributed by atoms with Crippen molar-refractivity contribution < 1.29 is 23.9 Å². The number of nitrogens with zero attached hydrogens (tertiary/aromatic N) is 3. The number of piperazine rings is 1. The first-order valence-electron chi connectivity index (χ1n) is 13.3. The minimum absolute atomic E-state index is 0.189. The van der Waals surface area contributed by atoms with Gasteiger partial charge in [-0.2, -0.15) is 0 Å². The lowest BCUT2D eigenvalue weighted by molar-refractivity contribution is -0.156. The van der Waals surface area contributed by atoms with Gasteiger partial charge in [-0.3, -0.25) is 29.4 Å². The molecule has 3 aliphatic heterocycles. The second-order valence-electron chi connectivity index (χ2n) is 10.4. The zero-order chi connectivity index (χ0) is 27.8. The molecule has 1 atom stereocenters. The predicted octanol–water partition coefficient (Wildman–Crippen LogP) is 2.44. The third kappa shape index (κ3) is 8.64. The third-order valence-corrected chi connectivity index (χ3v) is 6.59. The number of rotatable bonds is 8. The number of ether oxygens (including phenoxy) is 1. The highest BCUT2D eigenvalue weighted by molar-refractivity contribution is 6.06. The first-order chi connectivity index (χ1) is 17.5. The molecule has 0 radical (unpaired) electrons. The van der Waals surface area contributed by atoms with Crippen LogP contribution in [0, 0.1) is 0 Å². The molecule has 206 valence electrons. The molecule has 9 nitrogen and oxygen atoms in total. The van der Waals surface area contributed by atoms with E-state index >= 15 is 0 Å². The fourth-order valence-corrected chi connectivity index (χ4v) is 4.76. The fraction of sp³-hybridized carbons (Fsp3) is 0.643. The monoisotopic (exact) mass is 516 g/mol. The highest BCUT2D eigenvalue weighted by Gasteiger charge is 2.40. The average molecular weight is 517 g/mol. The van der Waals surface area contributed by atoms with Gasteiger partial charge in [0.05, 0.1) is 6.54 Å². The molecule has 3 amide bonds. The van der Waals surface area contributed by atoms with E-state index in [0.29, 0.717) is 25.1 Å². The molecule has 0 aromatic carbocycles. The van der Waals surface area contributed by atoms with Crippen LogP contribution in [0.15, 0.2) is 36.0 Å². The molecule has 3 aliphatic rings. The molecule has 3 rings (SSSR count). The van der Waals surface area contributed by atoms with Crippen LogP contribution in [0.5, 0.6) is 0 Å². The first kappa shape index (κ1) is 30.4. The lowest BCUT2D eigenvalue weighted by atomic mass is 9.99. The molecule has 0 saturated carbocycles. The summed E-state index contributed by atoms with van der Waals surface area (Å²) in [6.45, 7) is 22.5. The number of likely N-dealkylation sites (tertiary alicyclic amines) is 1. The van der Waals surface area contributed by atoms with Crippen LogP contribution >= 0.6 is 0 Å². The molecule has 37 heavy (non-hydrogen) atoms. The second-order valence-corrected chi connectivity index (χ2v) is 10.4. The van der Waals surface area contributed by atoms with Crippen molar-refractivity contribution in [3.05, 3.63) is 36.0 Å². The van der Waals surface area contributed by atoms with Gasteiger partial charge in [-0.1, -0.05) is 33.1 Å². The summed E-state index contributed by atoms with van der Waals surface area (Å²) < 4.78 is 5.41. The van der Waals surface area contributed by atoms with Gasteiger partial charge in [-0.05, 0) is 57.7 Å². The average Bonchev–Trinajstić information content (AvgIpc) is 3.12. The van der Waals surface area contributed by atoms with Crippen LogP contribution in [0.4, 0.5) is 0 Å². The summed E-state index contributed by atoms with van der Waals surface area (Å²) in [7, 11) is 0. The second kappa shape index (κ2) is 13.7. The molecule has 1 N–H and O–H groups in total. The molecule has 0 bridgehead atoms. The van der Waals surface area contributed by atoms with Crippen LogP contribution in [0.2, 0.25) is 0 Å². The van der Waals surface area contributed by atoms with Crippen LogP contribution in [0.1, 0.15) is 60.3 Å². The van der Waals surface area contributed by atoms with Crippen molar-refractivity contribution in [1.82, 2.24) is 20.0 Å². The van der Waals surface area contributed by atoms with Gasteiger partial charge in [0.15, 0.2) is 0 Å². The van der Waals surface area contributed by atoms with Crippen molar-refractivity contribution >= 4 is 23.7 Å².